The number of amides is 1. The van der Waals surface area contributed by atoms with Crippen LogP contribution in [0, 0.1) is 6.92 Å². The summed E-state index contributed by atoms with van der Waals surface area (Å²) in [4.78, 5) is 25.8. The van der Waals surface area contributed by atoms with E-state index in [1.165, 1.54) is 6.20 Å². The SMILES string of the molecule is Cc1[nH]cc(C(=O)NCCO)c(=O)c1Br. The van der Waals surface area contributed by atoms with E-state index < -0.39 is 5.91 Å². The molecule has 0 spiro atoms. The first-order chi connectivity index (χ1) is 7.07. The molecule has 5 nitrogen and oxygen atoms in total. The molecule has 3 N–H and O–H groups in total. The van der Waals surface area contributed by atoms with Crippen LogP contribution in [0.4, 0.5) is 0 Å². The molecule has 1 amide bonds. The van der Waals surface area contributed by atoms with Crippen molar-refractivity contribution in [3.05, 3.63) is 32.2 Å². The van der Waals surface area contributed by atoms with Gasteiger partial charge in [0.05, 0.1) is 11.1 Å². The zero-order valence-corrected chi connectivity index (χ0v) is 9.72. The van der Waals surface area contributed by atoms with Gasteiger partial charge < -0.3 is 15.4 Å². The predicted molar refractivity (Wildman–Crippen MR) is 58.9 cm³/mol. The van der Waals surface area contributed by atoms with Crippen LogP contribution in [0.3, 0.4) is 0 Å². The molecule has 0 aromatic carbocycles. The summed E-state index contributed by atoms with van der Waals surface area (Å²) in [5.41, 5.74) is 0.335. The van der Waals surface area contributed by atoms with Gasteiger partial charge in [0.1, 0.15) is 5.56 Å². The van der Waals surface area contributed by atoms with Crippen LogP contribution in [0.5, 0.6) is 0 Å². The van der Waals surface area contributed by atoms with Gasteiger partial charge in [-0.25, -0.2) is 0 Å². The topological polar surface area (TPSA) is 82.2 Å². The summed E-state index contributed by atoms with van der Waals surface area (Å²) in [6.07, 6.45) is 1.36. The van der Waals surface area contributed by atoms with E-state index in [2.05, 4.69) is 26.2 Å². The number of aromatic nitrogens is 1. The van der Waals surface area contributed by atoms with Gasteiger partial charge in [-0.3, -0.25) is 9.59 Å². The smallest absolute Gasteiger partial charge is 0.256 e. The van der Waals surface area contributed by atoms with E-state index in [0.29, 0.717) is 10.2 Å². The van der Waals surface area contributed by atoms with Crippen molar-refractivity contribution in [3.8, 4) is 0 Å². The summed E-state index contributed by atoms with van der Waals surface area (Å²) < 4.78 is 0.346. The molecule has 0 bridgehead atoms. The van der Waals surface area contributed by atoms with Crippen LogP contribution in [0.2, 0.25) is 0 Å². The first-order valence-corrected chi connectivity index (χ1v) is 5.14. The van der Waals surface area contributed by atoms with E-state index in [9.17, 15) is 9.59 Å². The first-order valence-electron chi connectivity index (χ1n) is 4.34. The number of carbonyl (C=O) groups excluding carboxylic acids is 1. The van der Waals surface area contributed by atoms with Gasteiger partial charge in [0.25, 0.3) is 5.91 Å². The van der Waals surface area contributed by atoms with Gasteiger partial charge in [0.2, 0.25) is 5.43 Å². The van der Waals surface area contributed by atoms with Crippen molar-refractivity contribution in [2.75, 3.05) is 13.2 Å². The third kappa shape index (κ3) is 2.66. The Kier molecular flexibility index (Phi) is 4.05. The second kappa shape index (κ2) is 5.09. The molecule has 1 aromatic rings. The number of carbonyl (C=O) groups is 1. The van der Waals surface area contributed by atoms with Gasteiger partial charge in [-0.05, 0) is 22.9 Å². The minimum atomic E-state index is -0.494. The Morgan fingerprint density at radius 1 is 1.67 bits per heavy atom. The number of hydrogen-bond acceptors (Lipinski definition) is 3. The van der Waals surface area contributed by atoms with Gasteiger partial charge in [0, 0.05) is 18.4 Å². The Balaban J connectivity index is 3.01. The van der Waals surface area contributed by atoms with Gasteiger partial charge in [-0.1, -0.05) is 0 Å². The van der Waals surface area contributed by atoms with Gasteiger partial charge >= 0.3 is 0 Å². The van der Waals surface area contributed by atoms with Crippen molar-refractivity contribution < 1.29 is 9.90 Å². The molecule has 0 saturated carbocycles. The lowest BCUT2D eigenvalue weighted by Crippen LogP contribution is -2.31. The van der Waals surface area contributed by atoms with Crippen molar-refractivity contribution in [1.29, 1.82) is 0 Å². The monoisotopic (exact) mass is 274 g/mol. The van der Waals surface area contributed by atoms with Crippen molar-refractivity contribution in [3.63, 3.8) is 0 Å². The molecule has 82 valence electrons. The van der Waals surface area contributed by atoms with Crippen molar-refractivity contribution in [2.45, 2.75) is 6.92 Å². The standard InChI is InChI=1S/C9H11BrN2O3/c1-5-7(10)8(14)6(4-12-5)9(15)11-2-3-13/h4,13H,2-3H2,1H3,(H,11,15)(H,12,14). The molecule has 0 fully saturated rings. The van der Waals surface area contributed by atoms with Gasteiger partial charge in [-0.15, -0.1) is 0 Å². The number of rotatable bonds is 3. The number of nitrogens with one attached hydrogen (secondary N) is 2. The molecule has 0 aliphatic rings. The molecule has 1 rings (SSSR count). The number of aromatic amines is 1. The third-order valence-electron chi connectivity index (χ3n) is 1.85. The highest BCUT2D eigenvalue weighted by Gasteiger charge is 2.12. The highest BCUT2D eigenvalue weighted by molar-refractivity contribution is 9.10. The summed E-state index contributed by atoms with van der Waals surface area (Å²) in [7, 11) is 0. The number of aryl methyl sites for hydroxylation is 1. The number of pyridine rings is 1. The number of aliphatic hydroxyl groups is 1. The van der Waals surface area contributed by atoms with Crippen molar-refractivity contribution >= 4 is 21.8 Å². The van der Waals surface area contributed by atoms with Gasteiger partial charge in [0.15, 0.2) is 0 Å². The lowest BCUT2D eigenvalue weighted by Gasteiger charge is -2.04. The van der Waals surface area contributed by atoms with E-state index in [4.69, 9.17) is 5.11 Å². The zero-order chi connectivity index (χ0) is 11.4. The van der Waals surface area contributed by atoms with Crippen LogP contribution in [-0.4, -0.2) is 29.1 Å². The Morgan fingerprint density at radius 3 is 2.93 bits per heavy atom. The van der Waals surface area contributed by atoms with Crippen LogP contribution >= 0.6 is 15.9 Å². The van der Waals surface area contributed by atoms with Crippen LogP contribution in [0.1, 0.15) is 16.1 Å². The number of halogens is 1. The molecule has 1 aromatic heterocycles. The Morgan fingerprint density at radius 2 is 2.33 bits per heavy atom. The number of hydrogen-bond donors (Lipinski definition) is 3. The molecule has 0 radical (unpaired) electrons. The molecule has 1 heterocycles. The molecular formula is C9H11BrN2O3. The molecule has 0 atom stereocenters. The Labute approximate surface area is 94.6 Å². The number of H-pyrrole nitrogens is 1. The second-order valence-electron chi connectivity index (χ2n) is 2.95. The molecule has 0 saturated heterocycles. The largest absolute Gasteiger partial charge is 0.395 e. The maximum atomic E-state index is 11.6. The summed E-state index contributed by atoms with van der Waals surface area (Å²) in [5.74, 6) is -0.494. The summed E-state index contributed by atoms with van der Waals surface area (Å²) in [6, 6.07) is 0. The van der Waals surface area contributed by atoms with Crippen LogP contribution in [0.15, 0.2) is 15.5 Å². The molecule has 15 heavy (non-hydrogen) atoms. The van der Waals surface area contributed by atoms with E-state index >= 15 is 0 Å². The fourth-order valence-electron chi connectivity index (χ4n) is 1.03. The lowest BCUT2D eigenvalue weighted by atomic mass is 10.2. The van der Waals surface area contributed by atoms with E-state index in [-0.39, 0.29) is 24.1 Å². The third-order valence-corrected chi connectivity index (χ3v) is 2.80. The first kappa shape index (κ1) is 11.9. The average molecular weight is 275 g/mol. The van der Waals surface area contributed by atoms with Crippen molar-refractivity contribution in [1.82, 2.24) is 10.3 Å². The van der Waals surface area contributed by atoms with E-state index in [1.54, 1.807) is 6.92 Å². The van der Waals surface area contributed by atoms with Crippen LogP contribution in [0.25, 0.3) is 0 Å². The number of aliphatic hydroxyl groups excluding tert-OH is 1. The quantitative estimate of drug-likeness (QED) is 0.735. The predicted octanol–water partition coefficient (Wildman–Crippen LogP) is 0.168. The van der Waals surface area contributed by atoms with Gasteiger partial charge in [-0.2, -0.15) is 0 Å². The van der Waals surface area contributed by atoms with Crippen LogP contribution < -0.4 is 10.7 Å². The average Bonchev–Trinajstić information content (AvgIpc) is 2.23. The second-order valence-corrected chi connectivity index (χ2v) is 3.74. The molecule has 0 aliphatic carbocycles. The van der Waals surface area contributed by atoms with E-state index in [0.717, 1.165) is 0 Å². The lowest BCUT2D eigenvalue weighted by molar-refractivity contribution is 0.0943. The van der Waals surface area contributed by atoms with E-state index in [1.807, 2.05) is 0 Å². The minimum absolute atomic E-state index is 0.0286. The fraction of sp³-hybridized carbons (Fsp3) is 0.333. The van der Waals surface area contributed by atoms with Crippen molar-refractivity contribution in [2.24, 2.45) is 0 Å². The Bertz CT molecular complexity index is 428. The highest BCUT2D eigenvalue weighted by atomic mass is 79.9. The fourth-order valence-corrected chi connectivity index (χ4v) is 1.36. The minimum Gasteiger partial charge on any atom is -0.395 e. The normalized spacial score (nSPS) is 10.1. The highest BCUT2D eigenvalue weighted by Crippen LogP contribution is 2.08. The summed E-state index contributed by atoms with van der Waals surface area (Å²) in [6.45, 7) is 1.70. The maximum absolute atomic E-state index is 11.6. The molecule has 0 aliphatic heterocycles. The summed E-state index contributed by atoms with van der Waals surface area (Å²) >= 11 is 3.09. The molecule has 6 heteroatoms. The summed E-state index contributed by atoms with van der Waals surface area (Å²) in [5, 5.41) is 10.9. The molecular weight excluding hydrogens is 264 g/mol. The molecule has 0 unspecified atom stereocenters. The Hall–Kier alpha value is -1.14. The zero-order valence-electron chi connectivity index (χ0n) is 8.13. The van der Waals surface area contributed by atoms with Crippen LogP contribution in [-0.2, 0) is 0 Å². The maximum Gasteiger partial charge on any atom is 0.256 e.